The Morgan fingerprint density at radius 3 is 2.24 bits per heavy atom. The van der Waals surface area contributed by atoms with Gasteiger partial charge in [0.2, 0.25) is 0 Å². The summed E-state index contributed by atoms with van der Waals surface area (Å²) in [6.07, 6.45) is 2.01. The highest BCUT2D eigenvalue weighted by atomic mass is 32.2. The van der Waals surface area contributed by atoms with Crippen LogP contribution in [0.5, 0.6) is 5.75 Å². The van der Waals surface area contributed by atoms with Crippen molar-refractivity contribution >= 4 is 33.6 Å². The van der Waals surface area contributed by atoms with Gasteiger partial charge in [-0.25, -0.2) is 4.79 Å². The van der Waals surface area contributed by atoms with Crippen LogP contribution in [0.25, 0.3) is 0 Å². The molecular formula is C21H28N2O4S2. The second-order valence-corrected chi connectivity index (χ2v) is 9.75. The summed E-state index contributed by atoms with van der Waals surface area (Å²) in [4.78, 5) is 15.7. The number of nitrogens with one attached hydrogen (secondary N) is 1. The van der Waals surface area contributed by atoms with Crippen molar-refractivity contribution < 1.29 is 17.4 Å². The van der Waals surface area contributed by atoms with E-state index in [1.807, 2.05) is 30.5 Å². The molecule has 0 aliphatic heterocycles. The van der Waals surface area contributed by atoms with Gasteiger partial charge in [0.05, 0.1) is 5.75 Å². The Kier molecular flexibility index (Phi) is 8.40. The quantitative estimate of drug-likeness (QED) is 0.450. The molecule has 0 heterocycles. The Labute approximate surface area is 177 Å². The zero-order valence-electron chi connectivity index (χ0n) is 17.2. The van der Waals surface area contributed by atoms with Gasteiger partial charge in [0.15, 0.2) is 0 Å². The Balaban J connectivity index is 2.08. The monoisotopic (exact) mass is 436 g/mol. The highest BCUT2D eigenvalue weighted by Gasteiger charge is 2.16. The summed E-state index contributed by atoms with van der Waals surface area (Å²) in [5.74, 6) is 0.482. The van der Waals surface area contributed by atoms with Crippen LogP contribution in [-0.4, -0.2) is 37.9 Å². The molecule has 1 N–H and O–H groups in total. The first-order valence-electron chi connectivity index (χ1n) is 9.43. The number of thioether (sulfide) groups is 1. The zero-order chi connectivity index (χ0) is 21.4. The molecule has 0 spiro atoms. The average molecular weight is 437 g/mol. The first kappa shape index (κ1) is 23.1. The van der Waals surface area contributed by atoms with Gasteiger partial charge in [-0.1, -0.05) is 26.0 Å². The normalized spacial score (nSPS) is 11.3. The Bertz CT molecular complexity index is 895. The summed E-state index contributed by atoms with van der Waals surface area (Å²) in [5.41, 5.74) is 1.63. The van der Waals surface area contributed by atoms with Crippen LogP contribution in [0.4, 0.5) is 10.5 Å². The number of benzene rings is 2. The van der Waals surface area contributed by atoms with Crippen LogP contribution in [0.1, 0.15) is 26.3 Å². The second kappa shape index (κ2) is 10.5. The summed E-state index contributed by atoms with van der Waals surface area (Å²) < 4.78 is 28.1. The fourth-order valence-corrected chi connectivity index (χ4v) is 3.54. The van der Waals surface area contributed by atoms with Gasteiger partial charge in [-0.2, -0.15) is 8.42 Å². The molecule has 2 aromatic rings. The topological polar surface area (TPSA) is 75.7 Å². The lowest BCUT2D eigenvalue weighted by Gasteiger charge is -2.25. The van der Waals surface area contributed by atoms with E-state index in [1.165, 1.54) is 6.92 Å². The zero-order valence-corrected chi connectivity index (χ0v) is 18.8. The van der Waals surface area contributed by atoms with Crippen LogP contribution in [0.2, 0.25) is 0 Å². The number of nitrogens with zero attached hydrogens (tertiary/aromatic N) is 1. The van der Waals surface area contributed by atoms with Crippen molar-refractivity contribution in [2.75, 3.05) is 23.9 Å². The minimum atomic E-state index is -3.55. The molecule has 0 aliphatic rings. The molecule has 0 saturated carbocycles. The molecule has 0 atom stereocenters. The number of rotatable bonds is 9. The van der Waals surface area contributed by atoms with E-state index < -0.39 is 10.1 Å². The number of hydrogen-bond acceptors (Lipinski definition) is 5. The number of urea groups is 1. The van der Waals surface area contributed by atoms with Gasteiger partial charge in [0.25, 0.3) is 0 Å². The van der Waals surface area contributed by atoms with Gasteiger partial charge in [-0.05, 0) is 61.1 Å². The van der Waals surface area contributed by atoms with Gasteiger partial charge < -0.3 is 14.4 Å². The van der Waals surface area contributed by atoms with Crippen molar-refractivity contribution in [3.63, 3.8) is 0 Å². The lowest BCUT2D eigenvalue weighted by Crippen LogP contribution is -2.37. The Morgan fingerprint density at radius 1 is 1.10 bits per heavy atom. The maximum Gasteiger partial charge on any atom is 0.322 e. The van der Waals surface area contributed by atoms with Crippen molar-refractivity contribution in [1.82, 2.24) is 4.90 Å². The third-order valence-corrected chi connectivity index (χ3v) is 5.98. The Hall–Kier alpha value is -2.19. The first-order chi connectivity index (χ1) is 13.7. The summed E-state index contributed by atoms with van der Waals surface area (Å²) in [5, 5.41) is 2.94. The smallest absolute Gasteiger partial charge is 0.322 e. The summed E-state index contributed by atoms with van der Waals surface area (Å²) >= 11 is 1.65. The van der Waals surface area contributed by atoms with Crippen molar-refractivity contribution in [3.8, 4) is 5.75 Å². The molecule has 0 unspecified atom stereocenters. The second-order valence-electron chi connectivity index (χ2n) is 7.01. The summed E-state index contributed by atoms with van der Waals surface area (Å²) in [6, 6.07) is 14.3. The maximum atomic E-state index is 12.8. The molecule has 8 heteroatoms. The van der Waals surface area contributed by atoms with Gasteiger partial charge in [0.1, 0.15) is 5.75 Å². The van der Waals surface area contributed by atoms with Crippen LogP contribution in [0.3, 0.4) is 0 Å². The number of hydrogen-bond donors (Lipinski definition) is 1. The van der Waals surface area contributed by atoms with E-state index in [9.17, 15) is 13.2 Å². The van der Waals surface area contributed by atoms with Gasteiger partial charge in [-0.3, -0.25) is 0 Å². The van der Waals surface area contributed by atoms with Crippen LogP contribution in [0.15, 0.2) is 53.4 Å². The van der Waals surface area contributed by atoms with E-state index >= 15 is 0 Å². The molecule has 0 saturated heterocycles. The van der Waals surface area contributed by atoms with Crippen molar-refractivity contribution in [3.05, 3.63) is 54.1 Å². The van der Waals surface area contributed by atoms with Crippen LogP contribution >= 0.6 is 11.8 Å². The largest absolute Gasteiger partial charge is 0.382 e. The molecule has 158 valence electrons. The van der Waals surface area contributed by atoms with E-state index in [-0.39, 0.29) is 17.5 Å². The predicted octanol–water partition coefficient (Wildman–Crippen LogP) is 4.83. The third-order valence-electron chi connectivity index (χ3n) is 4.09. The SMILES string of the molecule is CCS(=O)(=O)Oc1ccc(CN(CC(C)C)C(=O)Nc2ccc(SC)cc2)cc1. The highest BCUT2D eigenvalue weighted by Crippen LogP contribution is 2.19. The summed E-state index contributed by atoms with van der Waals surface area (Å²) in [7, 11) is -3.55. The van der Waals surface area contributed by atoms with Gasteiger partial charge in [-0.15, -0.1) is 11.8 Å². The van der Waals surface area contributed by atoms with Crippen LogP contribution < -0.4 is 9.50 Å². The third kappa shape index (κ3) is 7.62. The molecule has 2 aromatic carbocycles. The first-order valence-corrected chi connectivity index (χ1v) is 12.2. The van der Waals surface area contributed by atoms with Gasteiger partial charge >= 0.3 is 16.1 Å². The number of anilines is 1. The number of amides is 2. The minimum Gasteiger partial charge on any atom is -0.382 e. The molecular weight excluding hydrogens is 408 g/mol. The molecule has 0 aliphatic carbocycles. The molecule has 0 radical (unpaired) electrons. The standard InChI is InChI=1S/C21H28N2O4S2/c1-5-29(25,26)27-19-10-6-17(7-11-19)15-23(14-16(2)3)21(24)22-18-8-12-20(28-4)13-9-18/h6-13,16H,5,14-15H2,1-4H3,(H,22,24). The lowest BCUT2D eigenvalue weighted by molar-refractivity contribution is 0.201. The van der Waals surface area contributed by atoms with Gasteiger partial charge in [0, 0.05) is 23.7 Å². The minimum absolute atomic E-state index is 0.0883. The molecule has 6 nitrogen and oxygen atoms in total. The summed E-state index contributed by atoms with van der Waals surface area (Å²) in [6.45, 7) is 6.64. The Morgan fingerprint density at radius 2 is 1.72 bits per heavy atom. The van der Waals surface area contributed by atoms with Crippen molar-refractivity contribution in [2.45, 2.75) is 32.2 Å². The van der Waals surface area contributed by atoms with E-state index in [0.717, 1.165) is 16.1 Å². The molecule has 2 amide bonds. The number of carbonyl (C=O) groups excluding carboxylic acids is 1. The van der Waals surface area contributed by atoms with Crippen molar-refractivity contribution in [1.29, 1.82) is 0 Å². The van der Waals surface area contributed by atoms with E-state index in [1.54, 1.807) is 40.9 Å². The fraction of sp³-hybridized carbons (Fsp3) is 0.381. The highest BCUT2D eigenvalue weighted by molar-refractivity contribution is 7.98. The molecule has 0 aromatic heterocycles. The van der Waals surface area contributed by atoms with Crippen LogP contribution in [0, 0.1) is 5.92 Å². The molecule has 0 bridgehead atoms. The predicted molar refractivity (Wildman–Crippen MR) is 119 cm³/mol. The van der Waals surface area contributed by atoms with E-state index in [0.29, 0.717) is 19.0 Å². The molecule has 29 heavy (non-hydrogen) atoms. The van der Waals surface area contributed by atoms with Crippen LogP contribution in [-0.2, 0) is 16.7 Å². The van der Waals surface area contributed by atoms with E-state index in [4.69, 9.17) is 4.18 Å². The lowest BCUT2D eigenvalue weighted by atomic mass is 10.1. The number of carbonyl (C=O) groups is 1. The average Bonchev–Trinajstić information content (AvgIpc) is 2.69. The fourth-order valence-electron chi connectivity index (χ4n) is 2.61. The molecule has 0 fully saturated rings. The van der Waals surface area contributed by atoms with Crippen molar-refractivity contribution in [2.24, 2.45) is 5.92 Å². The maximum absolute atomic E-state index is 12.8. The molecule has 2 rings (SSSR count). The van der Waals surface area contributed by atoms with E-state index in [2.05, 4.69) is 19.2 Å².